The van der Waals surface area contributed by atoms with Crippen LogP contribution in [0.2, 0.25) is 0 Å². The normalized spacial score (nSPS) is 16.5. The van der Waals surface area contributed by atoms with Gasteiger partial charge >= 0.3 is 5.69 Å². The average Bonchev–Trinajstić information content (AvgIpc) is 2.66. The van der Waals surface area contributed by atoms with Crippen LogP contribution in [0, 0.1) is 12.7 Å². The Balaban J connectivity index is 0.00000133. The molecule has 1 saturated heterocycles. The van der Waals surface area contributed by atoms with E-state index in [-0.39, 0.29) is 30.0 Å². The molecule has 104 valence electrons. The van der Waals surface area contributed by atoms with Gasteiger partial charge in [-0.15, -0.1) is 12.4 Å². The lowest BCUT2D eigenvalue weighted by molar-refractivity contribution is 0.368. The summed E-state index contributed by atoms with van der Waals surface area (Å²) >= 11 is 0. The fraction of sp³-hybridized carbons (Fsp3) is 0.462. The zero-order valence-electron chi connectivity index (χ0n) is 10.7. The van der Waals surface area contributed by atoms with Gasteiger partial charge in [0.2, 0.25) is 0 Å². The third kappa shape index (κ3) is 2.40. The number of aryl methyl sites for hydroxylation is 1. The first-order valence-corrected chi connectivity index (χ1v) is 6.28. The molecule has 1 fully saturated rings. The lowest BCUT2D eigenvalue weighted by atomic mass is 10.1. The van der Waals surface area contributed by atoms with Gasteiger partial charge in [0, 0.05) is 6.04 Å². The van der Waals surface area contributed by atoms with E-state index in [0.717, 1.165) is 31.4 Å². The Morgan fingerprint density at radius 1 is 1.32 bits per heavy atom. The second kappa shape index (κ2) is 5.35. The quantitative estimate of drug-likeness (QED) is 0.843. The van der Waals surface area contributed by atoms with Crippen molar-refractivity contribution in [3.63, 3.8) is 0 Å². The molecule has 0 atom stereocenters. The molecule has 0 amide bonds. The molecule has 0 radical (unpaired) electrons. The lowest BCUT2D eigenvalue weighted by Crippen LogP contribution is -2.33. The molecule has 6 heteroatoms. The van der Waals surface area contributed by atoms with E-state index in [2.05, 4.69) is 10.3 Å². The number of rotatable bonds is 1. The maximum absolute atomic E-state index is 13.5. The topological polar surface area (TPSA) is 49.8 Å². The molecule has 1 aromatic carbocycles. The van der Waals surface area contributed by atoms with Crippen LogP contribution in [0.15, 0.2) is 16.9 Å². The van der Waals surface area contributed by atoms with Gasteiger partial charge in [-0.3, -0.25) is 4.57 Å². The van der Waals surface area contributed by atoms with Crippen LogP contribution < -0.4 is 11.0 Å². The van der Waals surface area contributed by atoms with Gasteiger partial charge in [-0.05, 0) is 50.6 Å². The van der Waals surface area contributed by atoms with Crippen molar-refractivity contribution in [2.45, 2.75) is 25.8 Å². The summed E-state index contributed by atoms with van der Waals surface area (Å²) in [6.07, 6.45) is 1.87. The van der Waals surface area contributed by atoms with E-state index < -0.39 is 0 Å². The zero-order chi connectivity index (χ0) is 12.7. The van der Waals surface area contributed by atoms with Crippen LogP contribution in [-0.4, -0.2) is 22.6 Å². The Kier molecular flexibility index (Phi) is 3.96. The van der Waals surface area contributed by atoms with Crippen molar-refractivity contribution in [1.82, 2.24) is 14.9 Å². The first kappa shape index (κ1) is 14.1. The highest BCUT2D eigenvalue weighted by Crippen LogP contribution is 2.23. The number of benzene rings is 1. The number of piperidine rings is 1. The van der Waals surface area contributed by atoms with E-state index in [0.29, 0.717) is 11.1 Å². The van der Waals surface area contributed by atoms with Crippen LogP contribution >= 0.6 is 12.4 Å². The summed E-state index contributed by atoms with van der Waals surface area (Å²) in [5.74, 6) is -0.277. The minimum Gasteiger partial charge on any atom is -0.317 e. The standard InChI is InChI=1S/C13H16FN3O.ClH/c1-8-6-12-11(7-10(8)14)16-13(18)17(12)9-2-4-15-5-3-9;/h6-7,9,15H,2-5H2,1H3,(H,16,18);1H. The Morgan fingerprint density at radius 2 is 2.00 bits per heavy atom. The van der Waals surface area contributed by atoms with Crippen LogP contribution in [0.5, 0.6) is 0 Å². The number of aromatic amines is 1. The highest BCUT2D eigenvalue weighted by atomic mass is 35.5. The fourth-order valence-electron chi connectivity index (χ4n) is 2.68. The van der Waals surface area contributed by atoms with Crippen molar-refractivity contribution in [1.29, 1.82) is 0 Å². The number of fused-ring (bicyclic) bond motifs is 1. The molecule has 0 bridgehead atoms. The van der Waals surface area contributed by atoms with Gasteiger partial charge in [-0.2, -0.15) is 0 Å². The SMILES string of the molecule is Cc1cc2c(cc1F)[nH]c(=O)n2C1CCNCC1.Cl. The number of nitrogens with zero attached hydrogens (tertiary/aromatic N) is 1. The summed E-state index contributed by atoms with van der Waals surface area (Å²) in [4.78, 5) is 14.8. The first-order chi connectivity index (χ1) is 8.66. The maximum atomic E-state index is 13.5. The highest BCUT2D eigenvalue weighted by molar-refractivity contribution is 5.85. The summed E-state index contributed by atoms with van der Waals surface area (Å²) in [5, 5.41) is 3.28. The van der Waals surface area contributed by atoms with Crippen molar-refractivity contribution in [2.24, 2.45) is 0 Å². The maximum Gasteiger partial charge on any atom is 0.326 e. The zero-order valence-corrected chi connectivity index (χ0v) is 11.5. The molecule has 1 aliphatic rings. The molecule has 1 aromatic heterocycles. The van der Waals surface area contributed by atoms with E-state index >= 15 is 0 Å². The molecule has 0 unspecified atom stereocenters. The summed E-state index contributed by atoms with van der Waals surface area (Å²) in [7, 11) is 0. The second-order valence-electron chi connectivity index (χ2n) is 4.90. The van der Waals surface area contributed by atoms with E-state index in [4.69, 9.17) is 0 Å². The predicted octanol–water partition coefficient (Wildman–Crippen LogP) is 2.12. The summed E-state index contributed by atoms with van der Waals surface area (Å²) in [6.45, 7) is 3.56. The van der Waals surface area contributed by atoms with Crippen molar-refractivity contribution >= 4 is 23.4 Å². The molecule has 0 aliphatic carbocycles. The molecule has 0 spiro atoms. The molecule has 2 N–H and O–H groups in total. The average molecular weight is 286 g/mol. The van der Waals surface area contributed by atoms with Gasteiger partial charge in [0.05, 0.1) is 11.0 Å². The third-order valence-electron chi connectivity index (χ3n) is 3.67. The van der Waals surface area contributed by atoms with E-state index in [1.165, 1.54) is 6.07 Å². The van der Waals surface area contributed by atoms with Crippen LogP contribution in [0.1, 0.15) is 24.4 Å². The molecule has 1 aliphatic heterocycles. The number of H-pyrrole nitrogens is 1. The Hall–Kier alpha value is -1.33. The Labute approximate surface area is 116 Å². The molecule has 4 nitrogen and oxygen atoms in total. The molecular formula is C13H17ClFN3O. The molecule has 2 heterocycles. The molecular weight excluding hydrogens is 269 g/mol. The Bertz CT molecular complexity index is 643. The van der Waals surface area contributed by atoms with Crippen molar-refractivity contribution < 1.29 is 4.39 Å². The predicted molar refractivity (Wildman–Crippen MR) is 75.6 cm³/mol. The lowest BCUT2D eigenvalue weighted by Gasteiger charge is -2.23. The van der Waals surface area contributed by atoms with Gasteiger partial charge in [-0.25, -0.2) is 9.18 Å². The first-order valence-electron chi connectivity index (χ1n) is 6.28. The minimum atomic E-state index is -0.277. The highest BCUT2D eigenvalue weighted by Gasteiger charge is 2.20. The van der Waals surface area contributed by atoms with Gasteiger partial charge in [0.25, 0.3) is 0 Å². The van der Waals surface area contributed by atoms with Gasteiger partial charge < -0.3 is 10.3 Å². The summed E-state index contributed by atoms with van der Waals surface area (Å²) in [5.41, 5.74) is 1.83. The monoisotopic (exact) mass is 285 g/mol. The molecule has 0 saturated carbocycles. The fourth-order valence-corrected chi connectivity index (χ4v) is 2.68. The smallest absolute Gasteiger partial charge is 0.317 e. The number of halogens is 2. The van der Waals surface area contributed by atoms with Crippen LogP contribution in [0.3, 0.4) is 0 Å². The van der Waals surface area contributed by atoms with Gasteiger partial charge in [-0.1, -0.05) is 0 Å². The number of aromatic nitrogens is 2. The van der Waals surface area contributed by atoms with E-state index in [9.17, 15) is 9.18 Å². The Morgan fingerprint density at radius 3 is 2.68 bits per heavy atom. The van der Waals surface area contributed by atoms with E-state index in [1.807, 2.05) is 0 Å². The summed E-state index contributed by atoms with van der Waals surface area (Å²) in [6, 6.07) is 3.37. The number of hydrogen-bond acceptors (Lipinski definition) is 2. The third-order valence-corrected chi connectivity index (χ3v) is 3.67. The second-order valence-corrected chi connectivity index (χ2v) is 4.90. The van der Waals surface area contributed by atoms with Crippen LogP contribution in [0.4, 0.5) is 4.39 Å². The number of nitrogens with one attached hydrogen (secondary N) is 2. The van der Waals surface area contributed by atoms with Crippen LogP contribution in [-0.2, 0) is 0 Å². The van der Waals surface area contributed by atoms with Crippen LogP contribution in [0.25, 0.3) is 11.0 Å². The van der Waals surface area contributed by atoms with Crippen molar-refractivity contribution in [2.75, 3.05) is 13.1 Å². The van der Waals surface area contributed by atoms with Gasteiger partial charge in [0.15, 0.2) is 0 Å². The number of imidazole rings is 1. The summed E-state index contributed by atoms with van der Waals surface area (Å²) < 4.78 is 15.3. The van der Waals surface area contributed by atoms with Crippen molar-refractivity contribution in [3.05, 3.63) is 34.0 Å². The van der Waals surface area contributed by atoms with Crippen molar-refractivity contribution in [3.8, 4) is 0 Å². The van der Waals surface area contributed by atoms with Gasteiger partial charge in [0.1, 0.15) is 5.82 Å². The number of hydrogen-bond donors (Lipinski definition) is 2. The molecule has 19 heavy (non-hydrogen) atoms. The molecule has 3 rings (SSSR count). The minimum absolute atomic E-state index is 0. The van der Waals surface area contributed by atoms with E-state index in [1.54, 1.807) is 17.6 Å². The largest absolute Gasteiger partial charge is 0.326 e. The molecule has 2 aromatic rings.